The fourth-order valence-electron chi connectivity index (χ4n) is 2.77. The molecule has 1 rings (SSSR count). The van der Waals surface area contributed by atoms with E-state index in [4.69, 9.17) is 15.0 Å². The molecule has 1 saturated heterocycles. The number of esters is 1. The van der Waals surface area contributed by atoms with Gasteiger partial charge in [-0.1, -0.05) is 12.0 Å². The number of carbonyl (C=O) groups excluding carboxylic acids is 2. The van der Waals surface area contributed by atoms with Crippen LogP contribution in [0.2, 0.25) is 0 Å². The van der Waals surface area contributed by atoms with Crippen LogP contribution in [0.1, 0.15) is 41.0 Å². The highest BCUT2D eigenvalue weighted by Gasteiger charge is 2.38. The molecule has 0 aromatic rings. The highest BCUT2D eigenvalue weighted by molar-refractivity contribution is 5.72. The minimum absolute atomic E-state index is 0.0772. The summed E-state index contributed by atoms with van der Waals surface area (Å²) >= 11 is 0. The molecule has 2 atom stereocenters. The first-order chi connectivity index (χ1) is 11.7. The molecule has 0 N–H and O–H groups in total. The number of carbonyl (C=O) groups is 2. The van der Waals surface area contributed by atoms with Crippen molar-refractivity contribution in [1.82, 2.24) is 9.80 Å². The largest absolute Gasteiger partial charge is 0.465 e. The van der Waals surface area contributed by atoms with Crippen molar-refractivity contribution in [3.63, 3.8) is 0 Å². The number of piperazine rings is 1. The van der Waals surface area contributed by atoms with Crippen molar-refractivity contribution in [3.05, 3.63) is 10.4 Å². The van der Waals surface area contributed by atoms with Gasteiger partial charge in [-0.3, -0.25) is 9.69 Å². The number of nitrogens with zero attached hydrogens (tertiary/aromatic N) is 5. The molecule has 1 aliphatic rings. The molecule has 9 nitrogen and oxygen atoms in total. The first kappa shape index (κ1) is 21.1. The molecule has 0 aliphatic carbocycles. The molecule has 1 aliphatic heterocycles. The zero-order valence-electron chi connectivity index (χ0n) is 15.8. The highest BCUT2D eigenvalue weighted by Crippen LogP contribution is 2.21. The Morgan fingerprint density at radius 3 is 2.44 bits per heavy atom. The van der Waals surface area contributed by atoms with Crippen molar-refractivity contribution in [1.29, 1.82) is 0 Å². The molecule has 25 heavy (non-hydrogen) atoms. The fourth-order valence-corrected chi connectivity index (χ4v) is 2.77. The molecule has 0 saturated carbocycles. The fraction of sp³-hybridized carbons (Fsp3) is 0.875. The lowest BCUT2D eigenvalue weighted by Gasteiger charge is -2.45. The third-order valence-electron chi connectivity index (χ3n) is 3.90. The smallest absolute Gasteiger partial charge is 0.410 e. The number of hydrogen-bond acceptors (Lipinski definition) is 6. The van der Waals surface area contributed by atoms with Gasteiger partial charge in [0.1, 0.15) is 5.60 Å². The highest BCUT2D eigenvalue weighted by atomic mass is 16.6. The third kappa shape index (κ3) is 6.80. The second-order valence-corrected chi connectivity index (χ2v) is 7.00. The van der Waals surface area contributed by atoms with Gasteiger partial charge >= 0.3 is 12.1 Å². The number of hydrogen-bond donors (Lipinski definition) is 0. The van der Waals surface area contributed by atoms with Gasteiger partial charge in [0, 0.05) is 36.6 Å². The molecule has 1 amide bonds. The van der Waals surface area contributed by atoms with Crippen LogP contribution in [0.25, 0.3) is 10.4 Å². The van der Waals surface area contributed by atoms with Gasteiger partial charge < -0.3 is 14.4 Å². The van der Waals surface area contributed by atoms with Crippen molar-refractivity contribution in [2.24, 2.45) is 5.11 Å². The van der Waals surface area contributed by atoms with Crippen molar-refractivity contribution >= 4 is 12.1 Å². The Morgan fingerprint density at radius 2 is 1.92 bits per heavy atom. The number of rotatable bonds is 6. The van der Waals surface area contributed by atoms with E-state index in [2.05, 4.69) is 10.0 Å². The molecule has 142 valence electrons. The van der Waals surface area contributed by atoms with Crippen molar-refractivity contribution in [2.45, 2.75) is 58.7 Å². The predicted molar refractivity (Wildman–Crippen MR) is 93.0 cm³/mol. The van der Waals surface area contributed by atoms with Gasteiger partial charge in [-0.25, -0.2) is 4.79 Å². The molecule has 9 heteroatoms. The average molecular weight is 355 g/mol. The van der Waals surface area contributed by atoms with Crippen LogP contribution in [-0.2, 0) is 14.3 Å². The van der Waals surface area contributed by atoms with Crippen LogP contribution in [0.5, 0.6) is 0 Å². The summed E-state index contributed by atoms with van der Waals surface area (Å²) in [6.07, 6.45) is 0.341. The SMILES string of the molecule is CCOC(=O)CN1C[C@H](CC)N(C(=O)OC(C)(C)C)C[C@@H]1CN=[N+]=[N-]. The van der Waals surface area contributed by atoms with Crippen LogP contribution in [0, 0.1) is 0 Å². The van der Waals surface area contributed by atoms with Gasteiger partial charge in [0.15, 0.2) is 0 Å². The maximum absolute atomic E-state index is 12.5. The number of azide groups is 1. The first-order valence-corrected chi connectivity index (χ1v) is 8.61. The van der Waals surface area contributed by atoms with E-state index in [1.165, 1.54) is 0 Å². The summed E-state index contributed by atoms with van der Waals surface area (Å²) in [5.74, 6) is -0.325. The maximum Gasteiger partial charge on any atom is 0.410 e. The number of ether oxygens (including phenoxy) is 2. The van der Waals surface area contributed by atoms with Crippen LogP contribution in [0.15, 0.2) is 5.11 Å². The van der Waals surface area contributed by atoms with E-state index < -0.39 is 5.60 Å². The van der Waals surface area contributed by atoms with Crippen LogP contribution in [-0.4, -0.2) is 72.3 Å². The topological polar surface area (TPSA) is 108 Å². The molecule has 0 radical (unpaired) electrons. The van der Waals surface area contributed by atoms with Gasteiger partial charge in [0.25, 0.3) is 0 Å². The van der Waals surface area contributed by atoms with Gasteiger partial charge in [-0.05, 0) is 39.6 Å². The molecule has 0 aromatic heterocycles. The van der Waals surface area contributed by atoms with Crippen LogP contribution >= 0.6 is 0 Å². The lowest BCUT2D eigenvalue weighted by molar-refractivity contribution is -0.146. The minimum atomic E-state index is -0.586. The predicted octanol–water partition coefficient (Wildman–Crippen LogP) is 2.56. The Bertz CT molecular complexity index is 513. The van der Waals surface area contributed by atoms with Crippen molar-refractivity contribution < 1.29 is 19.1 Å². The summed E-state index contributed by atoms with van der Waals surface area (Å²) in [5.41, 5.74) is 8.03. The summed E-state index contributed by atoms with van der Waals surface area (Å²) < 4.78 is 10.5. The van der Waals surface area contributed by atoms with E-state index in [1.54, 1.807) is 11.8 Å². The average Bonchev–Trinajstić information content (AvgIpc) is 2.51. The molecule has 1 fully saturated rings. The molecular formula is C16H29N5O4. The van der Waals surface area contributed by atoms with Crippen molar-refractivity contribution in [3.8, 4) is 0 Å². The van der Waals surface area contributed by atoms with Crippen LogP contribution in [0.3, 0.4) is 0 Å². The zero-order chi connectivity index (χ0) is 19.0. The summed E-state index contributed by atoms with van der Waals surface area (Å²) in [6, 6.07) is -0.331. The lowest BCUT2D eigenvalue weighted by atomic mass is 10.0. The van der Waals surface area contributed by atoms with E-state index in [0.717, 1.165) is 6.42 Å². The molecule has 0 unspecified atom stereocenters. The normalized spacial score (nSPS) is 21.4. The van der Waals surface area contributed by atoms with Gasteiger partial charge in [-0.2, -0.15) is 0 Å². The first-order valence-electron chi connectivity index (χ1n) is 8.61. The van der Waals surface area contributed by atoms with Crippen LogP contribution in [0.4, 0.5) is 4.79 Å². The Hall–Kier alpha value is -1.99. The summed E-state index contributed by atoms with van der Waals surface area (Å²) in [4.78, 5) is 30.8. The molecule has 0 bridgehead atoms. The van der Waals surface area contributed by atoms with Gasteiger partial charge in [0.05, 0.1) is 13.2 Å². The van der Waals surface area contributed by atoms with Crippen molar-refractivity contribution in [2.75, 3.05) is 32.8 Å². The monoisotopic (exact) mass is 355 g/mol. The second kappa shape index (κ2) is 9.48. The van der Waals surface area contributed by atoms with E-state index >= 15 is 0 Å². The Kier molecular flexibility index (Phi) is 7.99. The molecule has 1 heterocycles. The quantitative estimate of drug-likeness (QED) is 0.315. The van der Waals surface area contributed by atoms with E-state index in [1.807, 2.05) is 32.6 Å². The van der Waals surface area contributed by atoms with E-state index in [9.17, 15) is 9.59 Å². The van der Waals surface area contributed by atoms with Crippen LogP contribution < -0.4 is 0 Å². The zero-order valence-corrected chi connectivity index (χ0v) is 15.8. The second-order valence-electron chi connectivity index (χ2n) is 7.00. The Morgan fingerprint density at radius 1 is 1.24 bits per heavy atom. The van der Waals surface area contributed by atoms with E-state index in [-0.39, 0.29) is 37.2 Å². The number of amides is 1. The third-order valence-corrected chi connectivity index (χ3v) is 3.90. The molecule has 0 spiro atoms. The van der Waals surface area contributed by atoms with Gasteiger partial charge in [-0.15, -0.1) is 0 Å². The molecule has 0 aromatic carbocycles. The Labute approximate surface area is 148 Å². The Balaban J connectivity index is 2.92. The lowest BCUT2D eigenvalue weighted by Crippen LogP contribution is -2.62. The minimum Gasteiger partial charge on any atom is -0.465 e. The molecular weight excluding hydrogens is 326 g/mol. The maximum atomic E-state index is 12.5. The van der Waals surface area contributed by atoms with E-state index in [0.29, 0.717) is 19.7 Å². The standard InChI is InChI=1S/C16H29N5O4/c1-6-12-9-20(11-14(22)24-7-2)13(8-18-19-17)10-21(12)15(23)25-16(3,4)5/h12-13H,6-11H2,1-5H3/t12-,13-/m0/s1. The summed E-state index contributed by atoms with van der Waals surface area (Å²) in [7, 11) is 0. The summed E-state index contributed by atoms with van der Waals surface area (Å²) in [6.45, 7) is 10.6. The van der Waals surface area contributed by atoms with Gasteiger partial charge in [0.2, 0.25) is 0 Å². The summed E-state index contributed by atoms with van der Waals surface area (Å²) in [5, 5.41) is 3.63.